The number of carbonyl (C=O) groups is 4. The summed E-state index contributed by atoms with van der Waals surface area (Å²) in [6, 6.07) is 0. The second-order valence-electron chi connectivity index (χ2n) is 13.9. The van der Waals surface area contributed by atoms with E-state index < -0.39 is 65.5 Å². The van der Waals surface area contributed by atoms with Crippen molar-refractivity contribution in [1.29, 1.82) is 0 Å². The zero-order valence-electron chi connectivity index (χ0n) is 22.9. The van der Waals surface area contributed by atoms with Gasteiger partial charge in [-0.15, -0.1) is 0 Å². The van der Waals surface area contributed by atoms with Crippen LogP contribution in [0.2, 0.25) is 0 Å². The lowest BCUT2D eigenvalue weighted by Gasteiger charge is -2.43. The first-order valence-electron chi connectivity index (χ1n) is 12.6. The van der Waals surface area contributed by atoms with E-state index in [0.29, 0.717) is 12.8 Å². The van der Waals surface area contributed by atoms with Crippen molar-refractivity contribution in [2.75, 3.05) is 6.61 Å². The van der Waals surface area contributed by atoms with Gasteiger partial charge in [0.2, 0.25) is 0 Å². The first-order chi connectivity index (χ1) is 15.7. The minimum absolute atomic E-state index is 0.121. The molecule has 1 heterocycles. The molecular formula is C27H42O8. The summed E-state index contributed by atoms with van der Waals surface area (Å²) < 4.78 is 22.2. The number of fused-ring (bicyclic) bond motifs is 1. The van der Waals surface area contributed by atoms with Crippen LogP contribution in [0.1, 0.15) is 82.1 Å². The van der Waals surface area contributed by atoms with Crippen LogP contribution in [0.3, 0.4) is 0 Å². The van der Waals surface area contributed by atoms with Gasteiger partial charge in [-0.3, -0.25) is 14.4 Å². The second-order valence-corrected chi connectivity index (χ2v) is 13.9. The maximum atomic E-state index is 13.1. The largest absolute Gasteiger partial charge is 0.460 e. The van der Waals surface area contributed by atoms with Crippen LogP contribution in [-0.2, 0) is 38.1 Å². The molecule has 0 aromatic rings. The molecule has 2 saturated carbocycles. The molecule has 1 saturated heterocycles. The van der Waals surface area contributed by atoms with Gasteiger partial charge in [-0.05, 0) is 51.4 Å². The highest BCUT2D eigenvalue weighted by atomic mass is 16.6. The van der Waals surface area contributed by atoms with E-state index in [9.17, 15) is 19.2 Å². The Balaban J connectivity index is 1.68. The standard InChI is InChI=1S/C27H42O8/c1-24(2,3)13-27(10,25(4,5)6)23(31)32-12-16(28)33-19-15-11-14-17(21(29)34-20(14)19)18(15)22(30)35-26(7,8)9/h14-15,17-20H,11-13H2,1-10H3. The highest BCUT2D eigenvalue weighted by Gasteiger charge is 2.70. The van der Waals surface area contributed by atoms with E-state index in [-0.39, 0.29) is 22.7 Å². The van der Waals surface area contributed by atoms with Gasteiger partial charge >= 0.3 is 23.9 Å². The molecule has 0 radical (unpaired) electrons. The molecule has 0 aromatic carbocycles. The van der Waals surface area contributed by atoms with E-state index >= 15 is 0 Å². The van der Waals surface area contributed by atoms with Gasteiger partial charge in [-0.25, -0.2) is 4.79 Å². The van der Waals surface area contributed by atoms with Crippen molar-refractivity contribution in [2.45, 2.75) is 99.9 Å². The normalized spacial score (nSPS) is 31.5. The van der Waals surface area contributed by atoms with Gasteiger partial charge in [0.05, 0.1) is 17.3 Å². The molecule has 3 aliphatic rings. The van der Waals surface area contributed by atoms with Crippen molar-refractivity contribution in [3.05, 3.63) is 0 Å². The van der Waals surface area contributed by atoms with Gasteiger partial charge < -0.3 is 18.9 Å². The molecule has 198 valence electrons. The van der Waals surface area contributed by atoms with E-state index in [1.165, 1.54) is 0 Å². The number of esters is 4. The lowest BCUT2D eigenvalue weighted by atomic mass is 9.61. The summed E-state index contributed by atoms with van der Waals surface area (Å²) in [5, 5.41) is 0. The third-order valence-corrected chi connectivity index (χ3v) is 7.80. The lowest BCUT2D eigenvalue weighted by Crippen LogP contribution is -2.46. The van der Waals surface area contributed by atoms with Crippen LogP contribution in [0.15, 0.2) is 0 Å². The molecule has 7 atom stereocenters. The van der Waals surface area contributed by atoms with Crippen molar-refractivity contribution in [1.82, 2.24) is 0 Å². The molecule has 0 spiro atoms. The number of hydrogen-bond acceptors (Lipinski definition) is 8. The molecule has 3 fully saturated rings. The summed E-state index contributed by atoms with van der Waals surface area (Å²) >= 11 is 0. The molecule has 7 unspecified atom stereocenters. The van der Waals surface area contributed by atoms with Crippen molar-refractivity contribution < 1.29 is 38.1 Å². The van der Waals surface area contributed by atoms with Crippen LogP contribution in [0, 0.1) is 39.9 Å². The third kappa shape index (κ3) is 5.36. The van der Waals surface area contributed by atoms with Gasteiger partial charge in [-0.2, -0.15) is 0 Å². The zero-order valence-corrected chi connectivity index (χ0v) is 22.9. The molecule has 3 rings (SSSR count). The molecule has 8 heteroatoms. The highest BCUT2D eigenvalue weighted by molar-refractivity contribution is 5.86. The minimum Gasteiger partial charge on any atom is -0.460 e. The van der Waals surface area contributed by atoms with E-state index in [0.717, 1.165) is 0 Å². The fourth-order valence-electron chi connectivity index (χ4n) is 6.01. The summed E-state index contributed by atoms with van der Waals surface area (Å²) in [7, 11) is 0. The summed E-state index contributed by atoms with van der Waals surface area (Å²) in [6.45, 7) is 18.8. The smallest absolute Gasteiger partial charge is 0.344 e. The third-order valence-electron chi connectivity index (χ3n) is 7.80. The predicted octanol–water partition coefficient (Wildman–Crippen LogP) is 4.08. The zero-order chi connectivity index (χ0) is 26.7. The van der Waals surface area contributed by atoms with Crippen LogP contribution in [0.25, 0.3) is 0 Å². The summed E-state index contributed by atoms with van der Waals surface area (Å²) in [6.07, 6.45) is -0.191. The van der Waals surface area contributed by atoms with Gasteiger partial charge in [0.1, 0.15) is 17.8 Å². The number of carbonyl (C=O) groups excluding carboxylic acids is 4. The van der Waals surface area contributed by atoms with Gasteiger partial charge in [0.25, 0.3) is 0 Å². The highest BCUT2D eigenvalue weighted by Crippen LogP contribution is 2.59. The van der Waals surface area contributed by atoms with E-state index in [1.54, 1.807) is 20.8 Å². The Morgan fingerprint density at radius 3 is 2.06 bits per heavy atom. The Hall–Kier alpha value is -2.12. The van der Waals surface area contributed by atoms with Gasteiger partial charge in [0, 0.05) is 11.8 Å². The molecule has 8 nitrogen and oxygen atoms in total. The average molecular weight is 495 g/mol. The fourth-order valence-corrected chi connectivity index (χ4v) is 6.01. The summed E-state index contributed by atoms with van der Waals surface area (Å²) in [5.74, 6) is -3.89. The maximum Gasteiger partial charge on any atom is 0.344 e. The Labute approximate surface area is 208 Å². The summed E-state index contributed by atoms with van der Waals surface area (Å²) in [5.41, 5.74) is -2.02. The monoisotopic (exact) mass is 494 g/mol. The van der Waals surface area contributed by atoms with E-state index in [1.807, 2.05) is 27.7 Å². The lowest BCUT2D eigenvalue weighted by molar-refractivity contribution is -0.180. The van der Waals surface area contributed by atoms with E-state index in [4.69, 9.17) is 18.9 Å². The fraction of sp³-hybridized carbons (Fsp3) is 0.852. The molecular weight excluding hydrogens is 452 g/mol. The number of hydrogen-bond donors (Lipinski definition) is 0. The Kier molecular flexibility index (Phi) is 6.88. The Morgan fingerprint density at radius 2 is 1.54 bits per heavy atom. The van der Waals surface area contributed by atoms with E-state index in [2.05, 4.69) is 20.8 Å². The molecule has 0 amide bonds. The molecule has 2 bridgehead atoms. The molecule has 1 aliphatic heterocycles. The topological polar surface area (TPSA) is 105 Å². The number of ether oxygens (including phenoxy) is 4. The first kappa shape index (κ1) is 27.5. The van der Waals surface area contributed by atoms with Crippen molar-refractivity contribution in [3.8, 4) is 0 Å². The van der Waals surface area contributed by atoms with Crippen LogP contribution < -0.4 is 0 Å². The second kappa shape index (κ2) is 8.77. The van der Waals surface area contributed by atoms with Crippen LogP contribution in [0.5, 0.6) is 0 Å². The Bertz CT molecular complexity index is 886. The minimum atomic E-state index is -0.812. The molecule has 0 N–H and O–H groups in total. The van der Waals surface area contributed by atoms with Crippen molar-refractivity contribution >= 4 is 23.9 Å². The van der Waals surface area contributed by atoms with Crippen molar-refractivity contribution in [3.63, 3.8) is 0 Å². The maximum absolute atomic E-state index is 13.1. The van der Waals surface area contributed by atoms with Crippen LogP contribution in [0.4, 0.5) is 0 Å². The summed E-state index contributed by atoms with van der Waals surface area (Å²) in [4.78, 5) is 51.3. The molecule has 2 aliphatic carbocycles. The number of rotatable bonds is 6. The average Bonchev–Trinajstić information content (AvgIpc) is 3.26. The van der Waals surface area contributed by atoms with Crippen molar-refractivity contribution in [2.24, 2.45) is 39.9 Å². The Morgan fingerprint density at radius 1 is 0.943 bits per heavy atom. The quantitative estimate of drug-likeness (QED) is 0.402. The van der Waals surface area contributed by atoms with Crippen LogP contribution in [-0.4, -0.2) is 48.3 Å². The molecule has 0 aromatic heterocycles. The van der Waals surface area contributed by atoms with Crippen LogP contribution >= 0.6 is 0 Å². The SMILES string of the molecule is CC(C)(C)CC(C)(C(=O)OCC(=O)OC1C2CC3C1OC(=O)C3C2C(=O)OC(C)(C)C)C(C)(C)C. The van der Waals surface area contributed by atoms with Gasteiger partial charge in [0.15, 0.2) is 6.61 Å². The first-order valence-corrected chi connectivity index (χ1v) is 12.6. The van der Waals surface area contributed by atoms with Gasteiger partial charge in [-0.1, -0.05) is 41.5 Å². The predicted molar refractivity (Wildman–Crippen MR) is 127 cm³/mol. The molecule has 35 heavy (non-hydrogen) atoms.